The van der Waals surface area contributed by atoms with Gasteiger partial charge in [0.1, 0.15) is 0 Å². The van der Waals surface area contributed by atoms with Crippen LogP contribution in [0.25, 0.3) is 0 Å². The van der Waals surface area contributed by atoms with E-state index < -0.39 is 6.10 Å². The summed E-state index contributed by atoms with van der Waals surface area (Å²) in [6.07, 6.45) is 1.50. The molecule has 2 unspecified atom stereocenters. The molecule has 1 rings (SSSR count). The monoisotopic (exact) mass is 259 g/mol. The molecule has 0 aliphatic carbocycles. The summed E-state index contributed by atoms with van der Waals surface area (Å²) < 4.78 is 10.1. The van der Waals surface area contributed by atoms with E-state index in [0.29, 0.717) is 25.1 Å². The second kappa shape index (κ2) is 8.45. The lowest BCUT2D eigenvalue weighted by Crippen LogP contribution is -2.41. The first kappa shape index (κ1) is 15.4. The number of aliphatic hydroxyl groups is 1. The van der Waals surface area contributed by atoms with E-state index in [0.717, 1.165) is 26.1 Å². The van der Waals surface area contributed by atoms with Gasteiger partial charge in [-0.15, -0.1) is 0 Å². The normalized spacial score (nSPS) is 20.4. The van der Waals surface area contributed by atoms with Crippen LogP contribution in [0.4, 0.5) is 0 Å². The number of hydrogen-bond acceptors (Lipinski definition) is 5. The number of rotatable bonds is 7. The van der Waals surface area contributed by atoms with Crippen LogP contribution in [0.1, 0.15) is 33.1 Å². The van der Waals surface area contributed by atoms with E-state index in [1.165, 1.54) is 0 Å². The molecule has 106 valence electrons. The van der Waals surface area contributed by atoms with E-state index in [1.54, 1.807) is 6.92 Å². The van der Waals surface area contributed by atoms with Crippen molar-refractivity contribution in [3.05, 3.63) is 0 Å². The molecule has 0 aromatic carbocycles. The zero-order valence-corrected chi connectivity index (χ0v) is 11.4. The first-order valence-electron chi connectivity index (χ1n) is 6.78. The van der Waals surface area contributed by atoms with Crippen LogP contribution in [0.2, 0.25) is 0 Å². The fourth-order valence-corrected chi connectivity index (χ4v) is 2.19. The minimum absolute atomic E-state index is 0.0569. The molecule has 1 saturated heterocycles. The Morgan fingerprint density at radius 1 is 1.50 bits per heavy atom. The van der Waals surface area contributed by atoms with Crippen molar-refractivity contribution in [1.82, 2.24) is 5.32 Å². The maximum absolute atomic E-state index is 11.2. The molecule has 2 atom stereocenters. The minimum atomic E-state index is -0.675. The lowest BCUT2D eigenvalue weighted by Gasteiger charge is -2.29. The van der Waals surface area contributed by atoms with Gasteiger partial charge in [-0.2, -0.15) is 0 Å². The molecule has 1 aliphatic heterocycles. The summed E-state index contributed by atoms with van der Waals surface area (Å²) in [5.74, 6) is 0.249. The van der Waals surface area contributed by atoms with Crippen molar-refractivity contribution in [3.8, 4) is 0 Å². The molecule has 0 aromatic rings. The van der Waals surface area contributed by atoms with Crippen LogP contribution >= 0.6 is 0 Å². The summed E-state index contributed by atoms with van der Waals surface area (Å²) in [4.78, 5) is 11.2. The lowest BCUT2D eigenvalue weighted by atomic mass is 9.93. The SMILES string of the molecule is CCOC(=O)CC(O)CNC(C)C1CCOCC1. The highest BCUT2D eigenvalue weighted by molar-refractivity contribution is 5.69. The second-order valence-electron chi connectivity index (χ2n) is 4.81. The van der Waals surface area contributed by atoms with Crippen LogP contribution < -0.4 is 5.32 Å². The summed E-state index contributed by atoms with van der Waals surface area (Å²) >= 11 is 0. The fourth-order valence-electron chi connectivity index (χ4n) is 2.19. The highest BCUT2D eigenvalue weighted by Gasteiger charge is 2.21. The van der Waals surface area contributed by atoms with Gasteiger partial charge in [-0.25, -0.2) is 0 Å². The van der Waals surface area contributed by atoms with Crippen molar-refractivity contribution in [3.63, 3.8) is 0 Å². The Morgan fingerprint density at radius 3 is 2.78 bits per heavy atom. The largest absolute Gasteiger partial charge is 0.466 e. The number of carbonyl (C=O) groups excluding carboxylic acids is 1. The van der Waals surface area contributed by atoms with Crippen LogP contribution in [0.3, 0.4) is 0 Å². The fraction of sp³-hybridized carbons (Fsp3) is 0.923. The zero-order valence-electron chi connectivity index (χ0n) is 11.4. The molecule has 5 heteroatoms. The smallest absolute Gasteiger partial charge is 0.308 e. The van der Waals surface area contributed by atoms with E-state index in [1.807, 2.05) is 0 Å². The van der Waals surface area contributed by atoms with Gasteiger partial charge in [-0.3, -0.25) is 4.79 Å². The van der Waals surface area contributed by atoms with Gasteiger partial charge in [0.25, 0.3) is 0 Å². The van der Waals surface area contributed by atoms with E-state index in [2.05, 4.69) is 12.2 Å². The first-order valence-corrected chi connectivity index (χ1v) is 6.78. The Labute approximate surface area is 109 Å². The average Bonchev–Trinajstić information content (AvgIpc) is 2.37. The molecule has 0 saturated carbocycles. The van der Waals surface area contributed by atoms with Crippen LogP contribution in [0.15, 0.2) is 0 Å². The van der Waals surface area contributed by atoms with E-state index >= 15 is 0 Å². The number of esters is 1. The molecule has 0 amide bonds. The summed E-state index contributed by atoms with van der Waals surface area (Å²) in [5.41, 5.74) is 0. The van der Waals surface area contributed by atoms with Gasteiger partial charge in [-0.1, -0.05) is 0 Å². The molecule has 0 spiro atoms. The Bertz CT molecular complexity index is 241. The molecular weight excluding hydrogens is 234 g/mol. The van der Waals surface area contributed by atoms with Crippen molar-refractivity contribution in [2.24, 2.45) is 5.92 Å². The molecule has 2 N–H and O–H groups in total. The molecule has 0 aromatic heterocycles. The number of ether oxygens (including phenoxy) is 2. The number of carbonyl (C=O) groups is 1. The van der Waals surface area contributed by atoms with Gasteiger partial charge in [0, 0.05) is 25.8 Å². The predicted molar refractivity (Wildman–Crippen MR) is 68.3 cm³/mol. The van der Waals surface area contributed by atoms with Crippen LogP contribution in [-0.4, -0.2) is 49.6 Å². The maximum atomic E-state index is 11.2. The average molecular weight is 259 g/mol. The van der Waals surface area contributed by atoms with Crippen LogP contribution in [0.5, 0.6) is 0 Å². The molecular formula is C13H25NO4. The third-order valence-electron chi connectivity index (χ3n) is 3.36. The predicted octanol–water partition coefficient (Wildman–Crippen LogP) is 0.705. The topological polar surface area (TPSA) is 67.8 Å². The summed E-state index contributed by atoms with van der Waals surface area (Å²) in [7, 11) is 0. The van der Waals surface area contributed by atoms with E-state index in [9.17, 15) is 9.90 Å². The van der Waals surface area contributed by atoms with Crippen molar-refractivity contribution in [2.75, 3.05) is 26.4 Å². The number of aliphatic hydroxyl groups excluding tert-OH is 1. The Kier molecular flexibility index (Phi) is 7.23. The third-order valence-corrected chi connectivity index (χ3v) is 3.36. The van der Waals surface area contributed by atoms with Crippen molar-refractivity contribution >= 4 is 5.97 Å². The Hall–Kier alpha value is -0.650. The van der Waals surface area contributed by atoms with Gasteiger partial charge in [0.05, 0.1) is 19.1 Å². The van der Waals surface area contributed by atoms with Crippen molar-refractivity contribution < 1.29 is 19.4 Å². The van der Waals surface area contributed by atoms with Gasteiger partial charge in [0.15, 0.2) is 0 Å². The van der Waals surface area contributed by atoms with Gasteiger partial charge < -0.3 is 19.9 Å². The standard InChI is InChI=1S/C13H25NO4/c1-3-18-13(16)8-12(15)9-14-10(2)11-4-6-17-7-5-11/h10-12,14-15H,3-9H2,1-2H3. The number of nitrogens with one attached hydrogen (secondary N) is 1. The zero-order chi connectivity index (χ0) is 13.4. The quantitative estimate of drug-likeness (QED) is 0.659. The van der Waals surface area contributed by atoms with Crippen LogP contribution in [-0.2, 0) is 14.3 Å². The molecule has 1 aliphatic rings. The number of hydrogen-bond donors (Lipinski definition) is 2. The molecule has 1 fully saturated rings. The molecule has 0 radical (unpaired) electrons. The lowest BCUT2D eigenvalue weighted by molar-refractivity contribution is -0.145. The second-order valence-corrected chi connectivity index (χ2v) is 4.81. The van der Waals surface area contributed by atoms with Gasteiger partial charge in [-0.05, 0) is 32.6 Å². The summed E-state index contributed by atoms with van der Waals surface area (Å²) in [5, 5.41) is 13.0. The minimum Gasteiger partial charge on any atom is -0.466 e. The van der Waals surface area contributed by atoms with Crippen LogP contribution in [0, 0.1) is 5.92 Å². The van der Waals surface area contributed by atoms with Crippen molar-refractivity contribution in [2.45, 2.75) is 45.3 Å². The summed E-state index contributed by atoms with van der Waals surface area (Å²) in [6, 6.07) is 0.339. The van der Waals surface area contributed by atoms with Gasteiger partial charge >= 0.3 is 5.97 Å². The van der Waals surface area contributed by atoms with Gasteiger partial charge in [0.2, 0.25) is 0 Å². The molecule has 18 heavy (non-hydrogen) atoms. The molecule has 0 bridgehead atoms. The Morgan fingerprint density at radius 2 is 2.17 bits per heavy atom. The molecule has 5 nitrogen and oxygen atoms in total. The Balaban J connectivity index is 2.16. The highest BCUT2D eigenvalue weighted by atomic mass is 16.5. The first-order chi connectivity index (χ1) is 8.63. The maximum Gasteiger partial charge on any atom is 0.308 e. The van der Waals surface area contributed by atoms with Crippen molar-refractivity contribution in [1.29, 1.82) is 0 Å². The van der Waals surface area contributed by atoms with E-state index in [-0.39, 0.29) is 12.4 Å². The third kappa shape index (κ3) is 5.80. The highest BCUT2D eigenvalue weighted by Crippen LogP contribution is 2.18. The van der Waals surface area contributed by atoms with E-state index in [4.69, 9.17) is 9.47 Å². The molecule has 1 heterocycles. The summed E-state index contributed by atoms with van der Waals surface area (Å²) in [6.45, 7) is 6.31.